The molecule has 0 aromatic heterocycles. The molecule has 0 saturated heterocycles. The van der Waals surface area contributed by atoms with Gasteiger partial charge in [-0.15, -0.1) is 0 Å². The van der Waals surface area contributed by atoms with Crippen LogP contribution in [0.25, 0.3) is 11.1 Å². The summed E-state index contributed by atoms with van der Waals surface area (Å²) in [4.78, 5) is 13.3. The van der Waals surface area contributed by atoms with E-state index < -0.39 is 28.0 Å². The molecule has 9 heteroatoms. The van der Waals surface area contributed by atoms with Gasteiger partial charge in [0.1, 0.15) is 22.6 Å². The topological polar surface area (TPSA) is 87.2 Å². The first-order chi connectivity index (χ1) is 15.0. The van der Waals surface area contributed by atoms with Gasteiger partial charge in [0.2, 0.25) is 15.9 Å². The molecule has 0 aliphatic carbocycles. The van der Waals surface area contributed by atoms with Crippen LogP contribution >= 0.6 is 0 Å². The van der Waals surface area contributed by atoms with Gasteiger partial charge >= 0.3 is 0 Å². The highest BCUT2D eigenvalue weighted by Gasteiger charge is 2.38. The molecule has 7 nitrogen and oxygen atoms in total. The van der Waals surface area contributed by atoms with Crippen LogP contribution in [0.15, 0.2) is 47.4 Å². The van der Waals surface area contributed by atoms with Gasteiger partial charge < -0.3 is 14.7 Å². The number of hydrogen-bond donors (Lipinski definition) is 1. The summed E-state index contributed by atoms with van der Waals surface area (Å²) in [7, 11) is -2.31. The van der Waals surface area contributed by atoms with E-state index in [9.17, 15) is 22.7 Å². The number of likely N-dealkylation sites (N-methyl/N-ethyl adjacent to an activating group) is 1. The average Bonchev–Trinajstić information content (AvgIpc) is 2.75. The largest absolute Gasteiger partial charge is 0.487 e. The lowest BCUT2D eigenvalue weighted by Crippen LogP contribution is -2.50. The Labute approximate surface area is 188 Å². The molecule has 2 aromatic rings. The van der Waals surface area contributed by atoms with Crippen molar-refractivity contribution >= 4 is 15.9 Å². The second-order valence-corrected chi connectivity index (χ2v) is 10.2. The highest BCUT2D eigenvalue weighted by Crippen LogP contribution is 2.36. The van der Waals surface area contributed by atoms with E-state index in [1.165, 1.54) is 34.3 Å². The highest BCUT2D eigenvalue weighted by atomic mass is 32.2. The molecule has 1 amide bonds. The number of benzene rings is 2. The predicted molar refractivity (Wildman–Crippen MR) is 119 cm³/mol. The summed E-state index contributed by atoms with van der Waals surface area (Å²) in [5.41, 5.74) is 1.19. The number of fused-ring (bicyclic) bond motifs is 1. The number of aliphatic hydroxyl groups is 1. The van der Waals surface area contributed by atoms with Gasteiger partial charge in [-0.2, -0.15) is 4.31 Å². The second-order valence-electron chi connectivity index (χ2n) is 8.31. The van der Waals surface area contributed by atoms with Crippen LogP contribution in [0.4, 0.5) is 4.39 Å². The van der Waals surface area contributed by atoms with E-state index in [4.69, 9.17) is 4.74 Å². The zero-order chi connectivity index (χ0) is 23.6. The van der Waals surface area contributed by atoms with E-state index in [0.29, 0.717) is 11.1 Å². The predicted octanol–water partition coefficient (Wildman–Crippen LogP) is 2.74. The van der Waals surface area contributed by atoms with Crippen LogP contribution in [0.1, 0.15) is 20.8 Å². The molecule has 0 bridgehead atoms. The van der Waals surface area contributed by atoms with Crippen LogP contribution in [-0.4, -0.2) is 67.5 Å². The molecule has 0 radical (unpaired) electrons. The number of ether oxygens (including phenoxy) is 1. The zero-order valence-electron chi connectivity index (χ0n) is 18.7. The Morgan fingerprint density at radius 2 is 1.97 bits per heavy atom. The van der Waals surface area contributed by atoms with Gasteiger partial charge in [-0.25, -0.2) is 12.8 Å². The van der Waals surface area contributed by atoms with Gasteiger partial charge in [0, 0.05) is 32.5 Å². The molecule has 1 N–H and O–H groups in total. The van der Waals surface area contributed by atoms with Crippen LogP contribution in [0.2, 0.25) is 0 Å². The highest BCUT2D eigenvalue weighted by molar-refractivity contribution is 7.89. The Morgan fingerprint density at radius 1 is 1.28 bits per heavy atom. The van der Waals surface area contributed by atoms with E-state index in [1.54, 1.807) is 38.2 Å². The van der Waals surface area contributed by atoms with E-state index >= 15 is 0 Å². The molecular weight excluding hydrogens is 435 g/mol. The molecule has 3 rings (SSSR count). The fraction of sp³-hybridized carbons (Fsp3) is 0.435. The number of carbonyl (C=O) groups is 1. The third kappa shape index (κ3) is 4.95. The fourth-order valence-electron chi connectivity index (χ4n) is 3.69. The van der Waals surface area contributed by atoms with Crippen molar-refractivity contribution in [1.82, 2.24) is 9.21 Å². The van der Waals surface area contributed by atoms with Crippen LogP contribution in [0.3, 0.4) is 0 Å². The zero-order valence-corrected chi connectivity index (χ0v) is 19.5. The van der Waals surface area contributed by atoms with Gasteiger partial charge in [-0.3, -0.25) is 4.79 Å². The lowest BCUT2D eigenvalue weighted by molar-refractivity contribution is -0.129. The van der Waals surface area contributed by atoms with Gasteiger partial charge in [-0.1, -0.05) is 25.1 Å². The number of amides is 1. The molecule has 1 aliphatic heterocycles. The van der Waals surface area contributed by atoms with Gasteiger partial charge in [0.05, 0.1) is 13.2 Å². The van der Waals surface area contributed by atoms with Crippen molar-refractivity contribution < 1.29 is 27.4 Å². The molecule has 32 heavy (non-hydrogen) atoms. The van der Waals surface area contributed by atoms with E-state index in [1.807, 2.05) is 6.92 Å². The van der Waals surface area contributed by atoms with Crippen LogP contribution in [0.5, 0.6) is 5.75 Å². The fourth-order valence-corrected chi connectivity index (χ4v) is 5.52. The summed E-state index contributed by atoms with van der Waals surface area (Å²) in [6.45, 7) is 5.01. The standard InChI is InChI=1S/C23H29FN2O5S/c1-15-12-26(16(2)14-27)32(29,30)23-9-8-19(18-6-5-7-20(24)10-18)11-21(23)31-22(15)13-25(4)17(3)28/h5-11,15-16,22,27H,12-14H2,1-4H3/t15-,16+,22+/m1/s1. The maximum Gasteiger partial charge on any atom is 0.247 e. The molecule has 3 atom stereocenters. The molecule has 2 aromatic carbocycles. The van der Waals surface area contributed by atoms with E-state index in [0.717, 1.165) is 0 Å². The lowest BCUT2D eigenvalue weighted by Gasteiger charge is -2.37. The van der Waals surface area contributed by atoms with Crippen molar-refractivity contribution in [2.75, 3.05) is 26.7 Å². The van der Waals surface area contributed by atoms with Crippen molar-refractivity contribution in [3.05, 3.63) is 48.3 Å². The summed E-state index contributed by atoms with van der Waals surface area (Å²) >= 11 is 0. The Kier molecular flexibility index (Phi) is 7.22. The number of aliphatic hydroxyl groups excluding tert-OH is 1. The molecule has 1 aliphatic rings. The molecular formula is C23H29FN2O5S. The maximum atomic E-state index is 13.8. The SMILES string of the molecule is CC(=O)N(C)C[C@@H]1Oc2cc(-c3cccc(F)c3)ccc2S(=O)(=O)N([C@@H](C)CO)C[C@H]1C. The van der Waals surface area contributed by atoms with Gasteiger partial charge in [0.25, 0.3) is 0 Å². The molecule has 1 heterocycles. The number of nitrogens with zero attached hydrogens (tertiary/aromatic N) is 2. The maximum absolute atomic E-state index is 13.8. The molecule has 0 fully saturated rings. The number of carbonyl (C=O) groups excluding carboxylic acids is 1. The third-order valence-electron chi connectivity index (χ3n) is 5.82. The van der Waals surface area contributed by atoms with Crippen molar-refractivity contribution in [2.24, 2.45) is 5.92 Å². The monoisotopic (exact) mass is 464 g/mol. The normalized spacial score (nSPS) is 21.6. The van der Waals surface area contributed by atoms with E-state index in [2.05, 4.69) is 0 Å². The van der Waals surface area contributed by atoms with Gasteiger partial charge in [0.15, 0.2) is 0 Å². The summed E-state index contributed by atoms with van der Waals surface area (Å²) in [5.74, 6) is -0.674. The molecule has 0 saturated carbocycles. The first kappa shape index (κ1) is 24.2. The Balaban J connectivity index is 2.14. The Bertz CT molecular complexity index is 1090. The quantitative estimate of drug-likeness (QED) is 0.735. The first-order valence-corrected chi connectivity index (χ1v) is 11.9. The van der Waals surface area contributed by atoms with Crippen molar-refractivity contribution in [1.29, 1.82) is 0 Å². The lowest BCUT2D eigenvalue weighted by atomic mass is 10.0. The van der Waals surface area contributed by atoms with Gasteiger partial charge in [-0.05, 0) is 42.3 Å². The minimum atomic E-state index is -3.97. The van der Waals surface area contributed by atoms with Crippen LogP contribution in [0, 0.1) is 11.7 Å². The van der Waals surface area contributed by atoms with Crippen molar-refractivity contribution in [3.8, 4) is 16.9 Å². The summed E-state index contributed by atoms with van der Waals surface area (Å²) in [5, 5.41) is 9.69. The second kappa shape index (κ2) is 9.56. The summed E-state index contributed by atoms with van der Waals surface area (Å²) in [6.07, 6.45) is -0.491. The summed E-state index contributed by atoms with van der Waals surface area (Å²) < 4.78 is 48.2. The minimum absolute atomic E-state index is 0.0275. The number of rotatable bonds is 5. The Hall–Kier alpha value is -2.49. The first-order valence-electron chi connectivity index (χ1n) is 10.5. The minimum Gasteiger partial charge on any atom is -0.487 e. The van der Waals surface area contributed by atoms with Crippen LogP contribution in [-0.2, 0) is 14.8 Å². The van der Waals surface area contributed by atoms with E-state index in [-0.39, 0.29) is 42.2 Å². The molecule has 174 valence electrons. The molecule has 0 unspecified atom stereocenters. The van der Waals surface area contributed by atoms with Crippen molar-refractivity contribution in [2.45, 2.75) is 37.8 Å². The smallest absolute Gasteiger partial charge is 0.247 e. The number of sulfonamides is 1. The number of halogens is 1. The molecule has 0 spiro atoms. The number of hydrogen-bond acceptors (Lipinski definition) is 5. The average molecular weight is 465 g/mol. The summed E-state index contributed by atoms with van der Waals surface area (Å²) in [6, 6.07) is 10.0. The van der Waals surface area contributed by atoms with Crippen LogP contribution < -0.4 is 4.74 Å². The third-order valence-corrected chi connectivity index (χ3v) is 7.84. The Morgan fingerprint density at radius 3 is 2.59 bits per heavy atom. The van der Waals surface area contributed by atoms with Crippen molar-refractivity contribution in [3.63, 3.8) is 0 Å².